The van der Waals surface area contributed by atoms with Crippen LogP contribution >= 0.6 is 15.9 Å². The first-order valence-corrected chi connectivity index (χ1v) is 6.92. The summed E-state index contributed by atoms with van der Waals surface area (Å²) in [5, 5.41) is 0. The van der Waals surface area contributed by atoms with Gasteiger partial charge in [-0.2, -0.15) is 0 Å². The van der Waals surface area contributed by atoms with Crippen LogP contribution in [0, 0.1) is 6.92 Å². The molecule has 0 atom stereocenters. The summed E-state index contributed by atoms with van der Waals surface area (Å²) in [6, 6.07) is 17.1. The fourth-order valence-electron chi connectivity index (χ4n) is 2.04. The number of nitrogens with zero attached hydrogens (tertiary/aromatic N) is 1. The van der Waals surface area contributed by atoms with E-state index in [4.69, 9.17) is 0 Å². The van der Waals surface area contributed by atoms with Crippen molar-refractivity contribution < 1.29 is 0 Å². The molecule has 2 heteroatoms. The predicted octanol–water partition coefficient (Wildman–Crippen LogP) is 4.39. The standard InChI is InChI=1S/C16H18BrN/c1-13-5-3-4-6-15(13)12-18(2)11-14-7-9-16(17)10-8-14/h3-10H,11-12H2,1-2H3. The van der Waals surface area contributed by atoms with Gasteiger partial charge in [0.15, 0.2) is 0 Å². The van der Waals surface area contributed by atoms with Gasteiger partial charge in [0.05, 0.1) is 0 Å². The summed E-state index contributed by atoms with van der Waals surface area (Å²) >= 11 is 3.46. The first-order valence-electron chi connectivity index (χ1n) is 6.12. The molecular weight excluding hydrogens is 286 g/mol. The molecule has 0 N–H and O–H groups in total. The number of benzene rings is 2. The molecule has 0 saturated heterocycles. The molecule has 0 fully saturated rings. The Hall–Kier alpha value is -1.12. The monoisotopic (exact) mass is 303 g/mol. The van der Waals surface area contributed by atoms with Crippen LogP contribution in [0.4, 0.5) is 0 Å². The SMILES string of the molecule is Cc1ccccc1CN(C)Cc1ccc(Br)cc1. The first-order chi connectivity index (χ1) is 8.65. The lowest BCUT2D eigenvalue weighted by atomic mass is 10.1. The van der Waals surface area contributed by atoms with Crippen molar-refractivity contribution in [1.82, 2.24) is 4.90 Å². The van der Waals surface area contributed by atoms with Crippen molar-refractivity contribution in [2.75, 3.05) is 7.05 Å². The molecule has 0 heterocycles. The highest BCUT2D eigenvalue weighted by molar-refractivity contribution is 9.10. The molecule has 0 bridgehead atoms. The van der Waals surface area contributed by atoms with Gasteiger partial charge in [-0.3, -0.25) is 4.90 Å². The quantitative estimate of drug-likeness (QED) is 0.810. The second-order valence-corrected chi connectivity index (χ2v) is 5.64. The summed E-state index contributed by atoms with van der Waals surface area (Å²) in [6.07, 6.45) is 0. The Morgan fingerprint density at radius 1 is 0.944 bits per heavy atom. The maximum Gasteiger partial charge on any atom is 0.0236 e. The molecule has 94 valence electrons. The zero-order chi connectivity index (χ0) is 13.0. The Labute approximate surface area is 118 Å². The van der Waals surface area contributed by atoms with E-state index >= 15 is 0 Å². The average molecular weight is 304 g/mol. The Kier molecular flexibility index (Phi) is 4.56. The molecule has 0 aromatic heterocycles. The highest BCUT2D eigenvalue weighted by Crippen LogP contribution is 2.14. The molecule has 2 aromatic rings. The maximum atomic E-state index is 3.46. The fraction of sp³-hybridized carbons (Fsp3) is 0.250. The number of halogens is 1. The minimum atomic E-state index is 0.974. The Bertz CT molecular complexity index is 505. The largest absolute Gasteiger partial charge is 0.298 e. The van der Waals surface area contributed by atoms with Crippen molar-refractivity contribution in [3.8, 4) is 0 Å². The van der Waals surface area contributed by atoms with Gasteiger partial charge in [-0.05, 0) is 42.8 Å². The normalized spacial score (nSPS) is 10.9. The zero-order valence-electron chi connectivity index (χ0n) is 10.9. The maximum absolute atomic E-state index is 3.46. The van der Waals surface area contributed by atoms with Crippen LogP contribution in [0.15, 0.2) is 53.0 Å². The molecule has 0 aliphatic heterocycles. The van der Waals surface area contributed by atoms with Gasteiger partial charge >= 0.3 is 0 Å². The molecule has 0 unspecified atom stereocenters. The van der Waals surface area contributed by atoms with Gasteiger partial charge in [-0.15, -0.1) is 0 Å². The van der Waals surface area contributed by atoms with Gasteiger partial charge in [0, 0.05) is 17.6 Å². The highest BCUT2D eigenvalue weighted by atomic mass is 79.9. The number of hydrogen-bond acceptors (Lipinski definition) is 1. The summed E-state index contributed by atoms with van der Waals surface area (Å²) in [5.41, 5.74) is 4.10. The molecule has 1 nitrogen and oxygen atoms in total. The van der Waals surface area contributed by atoms with Crippen LogP contribution < -0.4 is 0 Å². The second kappa shape index (κ2) is 6.17. The predicted molar refractivity (Wildman–Crippen MR) is 80.5 cm³/mol. The third kappa shape index (κ3) is 3.69. The van der Waals surface area contributed by atoms with Crippen LogP contribution in [0.3, 0.4) is 0 Å². The van der Waals surface area contributed by atoms with Crippen LogP contribution in [0.1, 0.15) is 16.7 Å². The molecule has 2 aromatic carbocycles. The van der Waals surface area contributed by atoms with Crippen LogP contribution in [-0.4, -0.2) is 11.9 Å². The van der Waals surface area contributed by atoms with Crippen molar-refractivity contribution in [2.24, 2.45) is 0 Å². The van der Waals surface area contributed by atoms with E-state index in [1.807, 2.05) is 0 Å². The summed E-state index contributed by atoms with van der Waals surface area (Å²) in [4.78, 5) is 2.34. The summed E-state index contributed by atoms with van der Waals surface area (Å²) < 4.78 is 1.13. The van der Waals surface area contributed by atoms with Crippen molar-refractivity contribution in [2.45, 2.75) is 20.0 Å². The fourth-order valence-corrected chi connectivity index (χ4v) is 2.30. The summed E-state index contributed by atoms with van der Waals surface area (Å²) in [7, 11) is 2.16. The molecule has 0 spiro atoms. The van der Waals surface area contributed by atoms with Gasteiger partial charge in [-0.1, -0.05) is 52.3 Å². The Morgan fingerprint density at radius 2 is 1.61 bits per heavy atom. The molecule has 0 aliphatic rings. The minimum absolute atomic E-state index is 0.974. The van der Waals surface area contributed by atoms with Crippen molar-refractivity contribution in [3.05, 3.63) is 69.7 Å². The van der Waals surface area contributed by atoms with E-state index in [1.54, 1.807) is 0 Å². The number of hydrogen-bond donors (Lipinski definition) is 0. The van der Waals surface area contributed by atoms with E-state index < -0.39 is 0 Å². The van der Waals surface area contributed by atoms with Crippen molar-refractivity contribution in [3.63, 3.8) is 0 Å². The number of rotatable bonds is 4. The average Bonchev–Trinajstić information content (AvgIpc) is 2.35. The van der Waals surface area contributed by atoms with Gasteiger partial charge in [0.2, 0.25) is 0 Å². The lowest BCUT2D eigenvalue weighted by Crippen LogP contribution is -2.17. The molecule has 0 saturated carbocycles. The first kappa shape index (κ1) is 13.3. The molecular formula is C16H18BrN. The van der Waals surface area contributed by atoms with Crippen LogP contribution in [0.2, 0.25) is 0 Å². The van der Waals surface area contributed by atoms with Crippen LogP contribution in [0.5, 0.6) is 0 Å². The van der Waals surface area contributed by atoms with Gasteiger partial charge in [0.1, 0.15) is 0 Å². The van der Waals surface area contributed by atoms with E-state index in [0.29, 0.717) is 0 Å². The molecule has 0 radical (unpaired) electrons. The van der Waals surface area contributed by atoms with E-state index in [2.05, 4.69) is 83.3 Å². The topological polar surface area (TPSA) is 3.24 Å². The molecule has 18 heavy (non-hydrogen) atoms. The summed E-state index contributed by atoms with van der Waals surface area (Å²) in [5.74, 6) is 0. The smallest absolute Gasteiger partial charge is 0.0236 e. The van der Waals surface area contributed by atoms with Gasteiger partial charge in [0.25, 0.3) is 0 Å². The zero-order valence-corrected chi connectivity index (χ0v) is 12.4. The summed E-state index contributed by atoms with van der Waals surface area (Å²) in [6.45, 7) is 4.13. The van der Waals surface area contributed by atoms with Crippen molar-refractivity contribution in [1.29, 1.82) is 0 Å². The second-order valence-electron chi connectivity index (χ2n) is 4.73. The molecule has 0 aliphatic carbocycles. The van der Waals surface area contributed by atoms with E-state index in [-0.39, 0.29) is 0 Å². The van der Waals surface area contributed by atoms with Gasteiger partial charge in [-0.25, -0.2) is 0 Å². The lowest BCUT2D eigenvalue weighted by molar-refractivity contribution is 0.318. The van der Waals surface area contributed by atoms with Gasteiger partial charge < -0.3 is 0 Å². The third-order valence-corrected chi connectivity index (χ3v) is 3.60. The Balaban J connectivity index is 1.99. The molecule has 2 rings (SSSR count). The Morgan fingerprint density at radius 3 is 2.28 bits per heavy atom. The number of aryl methyl sites for hydroxylation is 1. The van der Waals surface area contributed by atoms with E-state index in [0.717, 1.165) is 17.6 Å². The highest BCUT2D eigenvalue weighted by Gasteiger charge is 2.03. The lowest BCUT2D eigenvalue weighted by Gasteiger charge is -2.18. The minimum Gasteiger partial charge on any atom is -0.298 e. The van der Waals surface area contributed by atoms with E-state index in [1.165, 1.54) is 16.7 Å². The molecule has 0 amide bonds. The van der Waals surface area contributed by atoms with Crippen molar-refractivity contribution >= 4 is 15.9 Å². The van der Waals surface area contributed by atoms with Crippen LogP contribution in [0.25, 0.3) is 0 Å². The third-order valence-electron chi connectivity index (χ3n) is 3.07. The van der Waals surface area contributed by atoms with Crippen LogP contribution in [-0.2, 0) is 13.1 Å². The van der Waals surface area contributed by atoms with E-state index in [9.17, 15) is 0 Å².